The average Bonchev–Trinajstić information content (AvgIpc) is 3.81. The molecule has 0 bridgehead atoms. The first-order valence-corrected chi connectivity index (χ1v) is 21.3. The number of nitrogens with zero attached hydrogens (tertiary/aromatic N) is 4. The van der Waals surface area contributed by atoms with E-state index >= 15 is 0 Å². The summed E-state index contributed by atoms with van der Waals surface area (Å²) >= 11 is 0. The number of rotatable bonds is 12. The number of aromatic nitrogens is 2. The van der Waals surface area contributed by atoms with Gasteiger partial charge in [0, 0.05) is 43.5 Å². The maximum absolute atomic E-state index is 14.4. The van der Waals surface area contributed by atoms with Crippen LogP contribution >= 0.6 is 0 Å². The van der Waals surface area contributed by atoms with E-state index in [1.165, 1.54) is 19.0 Å². The van der Waals surface area contributed by atoms with Gasteiger partial charge in [-0.1, -0.05) is 25.9 Å². The maximum atomic E-state index is 14.4. The van der Waals surface area contributed by atoms with Gasteiger partial charge >= 0.3 is 12.1 Å². The third kappa shape index (κ3) is 10.4. The summed E-state index contributed by atoms with van der Waals surface area (Å²) in [6.07, 6.45) is -3.58. The molecule has 0 spiro atoms. The monoisotopic (exact) mass is 858 g/mol. The number of amides is 2. The van der Waals surface area contributed by atoms with Gasteiger partial charge in [-0.05, 0) is 98.7 Å². The molecule has 340 valence electrons. The zero-order valence-electron chi connectivity index (χ0n) is 37.6. The second-order valence-electron chi connectivity index (χ2n) is 17.4. The fourth-order valence-corrected chi connectivity index (χ4v) is 9.02. The van der Waals surface area contributed by atoms with E-state index in [0.29, 0.717) is 36.7 Å². The number of nitrogens with one attached hydrogen (secondary N) is 2. The number of methoxy groups -OCH3 is 2. The van der Waals surface area contributed by atoms with Gasteiger partial charge in [0.05, 0.1) is 31.0 Å². The number of hydrogen-bond donors (Lipinski definition) is 3. The highest BCUT2D eigenvalue weighted by atomic mass is 16.7. The topological polar surface area (TPSA) is 213 Å². The minimum atomic E-state index is -1.47. The molecule has 1 aromatic heterocycles. The van der Waals surface area contributed by atoms with Gasteiger partial charge in [0.2, 0.25) is 17.6 Å². The molecule has 3 N–H and O–H groups in total. The molecule has 5 rings (SSSR count). The summed E-state index contributed by atoms with van der Waals surface area (Å²) in [6.45, 7) is 14.0. The number of ketones is 1. The Balaban J connectivity index is 1.39. The lowest BCUT2D eigenvalue weighted by Gasteiger charge is -2.46. The first-order chi connectivity index (χ1) is 28.8. The van der Waals surface area contributed by atoms with Crippen LogP contribution in [0.4, 0.5) is 4.79 Å². The fourth-order valence-electron chi connectivity index (χ4n) is 9.02. The van der Waals surface area contributed by atoms with E-state index < -0.39 is 83.5 Å². The van der Waals surface area contributed by atoms with Crippen molar-refractivity contribution < 1.29 is 57.2 Å². The molecule has 1 aromatic carbocycles. The molecule has 4 heterocycles. The van der Waals surface area contributed by atoms with Crippen LogP contribution in [0.25, 0.3) is 11.4 Å². The molecule has 1 unspecified atom stereocenters. The molecule has 2 aromatic rings. The van der Waals surface area contributed by atoms with E-state index in [1.54, 1.807) is 48.7 Å². The van der Waals surface area contributed by atoms with E-state index in [4.69, 9.17) is 32.9 Å². The molecular formula is C43H66N6O12. The highest BCUT2D eigenvalue weighted by molar-refractivity contribution is 6.00. The molecule has 3 aliphatic heterocycles. The van der Waals surface area contributed by atoms with E-state index in [0.717, 1.165) is 5.56 Å². The van der Waals surface area contributed by atoms with Gasteiger partial charge in [-0.2, -0.15) is 4.98 Å². The lowest BCUT2D eigenvalue weighted by Crippen LogP contribution is -2.63. The maximum Gasteiger partial charge on any atom is 0.425 e. The Morgan fingerprint density at radius 2 is 1.74 bits per heavy atom. The number of benzene rings is 1. The Labute approximate surface area is 358 Å². The first kappa shape index (κ1) is 47.8. The van der Waals surface area contributed by atoms with Crippen molar-refractivity contribution >= 4 is 23.8 Å². The van der Waals surface area contributed by atoms with Crippen molar-refractivity contribution in [3.63, 3.8) is 0 Å². The van der Waals surface area contributed by atoms with Crippen LogP contribution in [0.5, 0.6) is 5.75 Å². The molecule has 18 nitrogen and oxygen atoms in total. The van der Waals surface area contributed by atoms with Crippen LogP contribution < -0.4 is 15.5 Å². The number of esters is 1. The standard InChI is InChI=1S/C43H66N6O12/c1-13-31-43(8)35(49(41(54)60-43)44-20-14-15-32-46-37(47-61-32)28-16-18-29(55-11)19-17-28)27(6)45-38(52)23(2)22-42(7,56-12)36(25(4)33(50)26(5)39(53)58-31)59-40-34(51)30(48(9)10)21-24(3)57-40/h16-19,23-27,30-31,34-36,40,44,51H,13-15,20-22H2,1-12H3,(H,45,52)/t23-,24-,25+,26-,27?,30+,31-,34-,35-,36-,40+,42+,43-/m1/s1. The van der Waals surface area contributed by atoms with Crippen LogP contribution in [0.2, 0.25) is 0 Å². The van der Waals surface area contributed by atoms with Gasteiger partial charge in [-0.25, -0.2) is 15.2 Å². The Hall–Kier alpha value is -4.20. The summed E-state index contributed by atoms with van der Waals surface area (Å²) in [7, 11) is 6.78. The van der Waals surface area contributed by atoms with Crippen LogP contribution in [-0.4, -0.2) is 144 Å². The predicted molar refractivity (Wildman–Crippen MR) is 221 cm³/mol. The quantitative estimate of drug-likeness (QED) is 0.158. The van der Waals surface area contributed by atoms with Crippen molar-refractivity contribution in [1.82, 2.24) is 30.8 Å². The Kier molecular flexibility index (Phi) is 15.6. The van der Waals surface area contributed by atoms with Gasteiger partial charge in [0.1, 0.15) is 29.9 Å². The number of hydrazine groups is 1. The minimum Gasteiger partial charge on any atom is -0.497 e. The Morgan fingerprint density at radius 3 is 2.36 bits per heavy atom. The number of likely N-dealkylation sites (N-methyl/N-ethyl adjacent to an activating group) is 1. The normalized spacial score (nSPS) is 35.5. The molecule has 18 heteroatoms. The van der Waals surface area contributed by atoms with E-state index in [-0.39, 0.29) is 37.4 Å². The van der Waals surface area contributed by atoms with Crippen LogP contribution in [-0.2, 0) is 44.5 Å². The molecule has 3 aliphatic rings. The molecular weight excluding hydrogens is 793 g/mol. The second kappa shape index (κ2) is 19.9. The summed E-state index contributed by atoms with van der Waals surface area (Å²) in [5, 5.41) is 19.9. The van der Waals surface area contributed by atoms with Crippen molar-refractivity contribution in [2.45, 2.75) is 148 Å². The van der Waals surface area contributed by atoms with E-state index in [2.05, 4.69) is 20.9 Å². The number of aliphatic hydroxyl groups is 1. The highest BCUT2D eigenvalue weighted by Gasteiger charge is 2.59. The molecule has 13 atom stereocenters. The number of aliphatic hydroxyl groups excluding tert-OH is 1. The van der Waals surface area contributed by atoms with E-state index in [9.17, 15) is 24.3 Å². The number of fused-ring (bicyclic) bond motifs is 1. The van der Waals surface area contributed by atoms with Crippen LogP contribution in [0.15, 0.2) is 28.8 Å². The van der Waals surface area contributed by atoms with Gasteiger partial charge in [-0.3, -0.25) is 14.4 Å². The predicted octanol–water partition coefficient (Wildman–Crippen LogP) is 3.69. The summed E-state index contributed by atoms with van der Waals surface area (Å²) in [4.78, 5) is 62.7. The fraction of sp³-hybridized carbons (Fsp3) is 0.721. The lowest BCUT2D eigenvalue weighted by atomic mass is 9.78. The number of cyclic esters (lactones) is 1. The zero-order valence-corrected chi connectivity index (χ0v) is 37.6. The zero-order chi connectivity index (χ0) is 45.0. The number of ether oxygens (including phenoxy) is 6. The summed E-state index contributed by atoms with van der Waals surface area (Å²) < 4.78 is 41.7. The SMILES string of the molecule is CC[C@H]1OC(=O)[C@H](C)C(=O)[C@H](C)[C@@H](O[C@@H]2O[C@H](C)C[C@H](N(C)C)[C@H]2O)[C@@](C)(OC)C[C@@H](C)C(=O)NC(C)[C@H]2N(NCCCc3nc(-c4ccc(OC)cc4)no3)C(=O)O[C@]12C. The molecule has 3 fully saturated rings. The molecule has 2 amide bonds. The van der Waals surface area contributed by atoms with Crippen molar-refractivity contribution in [2.75, 3.05) is 34.9 Å². The largest absolute Gasteiger partial charge is 0.497 e. The smallest absolute Gasteiger partial charge is 0.425 e. The van der Waals surface area contributed by atoms with Crippen molar-refractivity contribution in [2.24, 2.45) is 17.8 Å². The van der Waals surface area contributed by atoms with Crippen molar-refractivity contribution in [3.05, 3.63) is 30.2 Å². The summed E-state index contributed by atoms with van der Waals surface area (Å²) in [5.74, 6) is -3.10. The number of aryl methyl sites for hydroxylation is 1. The summed E-state index contributed by atoms with van der Waals surface area (Å²) in [6, 6.07) is 5.37. The second-order valence-corrected chi connectivity index (χ2v) is 17.4. The Morgan fingerprint density at radius 1 is 1.05 bits per heavy atom. The van der Waals surface area contributed by atoms with Crippen LogP contribution in [0.3, 0.4) is 0 Å². The summed E-state index contributed by atoms with van der Waals surface area (Å²) in [5.41, 5.74) is 1.17. The number of Topliss-reactive ketones (excluding diaryl/α,β-unsaturated/α-hetero) is 1. The van der Waals surface area contributed by atoms with Crippen molar-refractivity contribution in [3.8, 4) is 17.1 Å². The first-order valence-electron chi connectivity index (χ1n) is 21.3. The highest BCUT2D eigenvalue weighted by Crippen LogP contribution is 2.39. The molecule has 61 heavy (non-hydrogen) atoms. The molecule has 0 radical (unpaired) electrons. The van der Waals surface area contributed by atoms with Crippen LogP contribution in [0, 0.1) is 17.8 Å². The van der Waals surface area contributed by atoms with Gasteiger partial charge in [0.15, 0.2) is 17.7 Å². The number of carbonyl (C=O) groups excluding carboxylic acids is 4. The van der Waals surface area contributed by atoms with Gasteiger partial charge < -0.3 is 48.3 Å². The van der Waals surface area contributed by atoms with E-state index in [1.807, 2.05) is 50.2 Å². The number of hydrogen-bond acceptors (Lipinski definition) is 16. The third-order valence-corrected chi connectivity index (χ3v) is 12.6. The van der Waals surface area contributed by atoms with Crippen LogP contribution in [0.1, 0.15) is 87.0 Å². The average molecular weight is 859 g/mol. The molecule has 0 saturated carbocycles. The number of carbonyl (C=O) groups is 4. The Bertz CT molecular complexity index is 1830. The molecule has 3 saturated heterocycles. The van der Waals surface area contributed by atoms with Gasteiger partial charge in [-0.15, -0.1) is 0 Å². The molecule has 0 aliphatic carbocycles. The lowest BCUT2D eigenvalue weighted by molar-refractivity contribution is -0.295. The third-order valence-electron chi connectivity index (χ3n) is 12.6. The van der Waals surface area contributed by atoms with Gasteiger partial charge in [0.25, 0.3) is 0 Å². The minimum absolute atomic E-state index is 0.0748. The van der Waals surface area contributed by atoms with Crippen molar-refractivity contribution in [1.29, 1.82) is 0 Å².